The number of amides is 1. The molecule has 0 radical (unpaired) electrons. The van der Waals surface area contributed by atoms with E-state index in [0.717, 1.165) is 0 Å². The van der Waals surface area contributed by atoms with Crippen molar-refractivity contribution in [3.63, 3.8) is 0 Å². The molecule has 1 aromatic carbocycles. The van der Waals surface area contributed by atoms with E-state index in [4.69, 9.17) is 9.15 Å². The highest BCUT2D eigenvalue weighted by atomic mass is 19.1. The van der Waals surface area contributed by atoms with Crippen LogP contribution in [0.15, 0.2) is 47.1 Å². The van der Waals surface area contributed by atoms with Gasteiger partial charge in [0.1, 0.15) is 5.82 Å². The van der Waals surface area contributed by atoms with E-state index in [9.17, 15) is 14.0 Å². The van der Waals surface area contributed by atoms with Gasteiger partial charge >= 0.3 is 5.97 Å². The van der Waals surface area contributed by atoms with E-state index < -0.39 is 23.2 Å². The Hall–Kier alpha value is -2.63. The summed E-state index contributed by atoms with van der Waals surface area (Å²) in [6.07, 6.45) is 1.36. The lowest BCUT2D eigenvalue weighted by atomic mass is 9.91. The molecule has 5 nitrogen and oxygen atoms in total. The summed E-state index contributed by atoms with van der Waals surface area (Å²) in [5.41, 5.74) is -1.04. The maximum Gasteiger partial charge on any atom is 0.336 e. The Bertz CT molecular complexity index is 651. The zero-order valence-electron chi connectivity index (χ0n) is 12.3. The van der Waals surface area contributed by atoms with Gasteiger partial charge in [-0.25, -0.2) is 9.18 Å². The molecule has 0 spiro atoms. The quantitative estimate of drug-likeness (QED) is 0.862. The van der Waals surface area contributed by atoms with E-state index in [1.807, 2.05) is 0 Å². The number of carbonyl (C=O) groups is 2. The number of hydrogen-bond donors (Lipinski definition) is 1. The Morgan fingerprint density at radius 2 is 1.95 bits per heavy atom. The summed E-state index contributed by atoms with van der Waals surface area (Å²) in [6.45, 7) is 3.32. The summed E-state index contributed by atoms with van der Waals surface area (Å²) in [6, 6.07) is 8.32. The third-order valence-electron chi connectivity index (χ3n) is 3.21. The predicted octanol–water partition coefficient (Wildman–Crippen LogP) is 2.63. The monoisotopic (exact) mass is 305 g/mol. The lowest BCUT2D eigenvalue weighted by Gasteiger charge is -2.28. The molecule has 0 bridgehead atoms. The van der Waals surface area contributed by atoms with Crippen LogP contribution in [-0.4, -0.2) is 18.5 Å². The second-order valence-corrected chi connectivity index (χ2v) is 4.78. The number of ether oxygens (including phenoxy) is 1. The first-order chi connectivity index (χ1) is 10.5. The van der Waals surface area contributed by atoms with Crippen LogP contribution in [0.5, 0.6) is 0 Å². The Morgan fingerprint density at radius 3 is 2.50 bits per heavy atom. The molecule has 2 rings (SSSR count). The second kappa shape index (κ2) is 6.43. The topological polar surface area (TPSA) is 68.5 Å². The second-order valence-electron chi connectivity index (χ2n) is 4.78. The van der Waals surface area contributed by atoms with Crippen molar-refractivity contribution in [2.24, 2.45) is 0 Å². The summed E-state index contributed by atoms with van der Waals surface area (Å²) < 4.78 is 23.1. The van der Waals surface area contributed by atoms with Crippen LogP contribution in [0.4, 0.5) is 4.39 Å². The number of hydrogen-bond acceptors (Lipinski definition) is 4. The van der Waals surface area contributed by atoms with E-state index in [2.05, 4.69) is 5.32 Å². The lowest BCUT2D eigenvalue weighted by Crippen LogP contribution is -2.50. The van der Waals surface area contributed by atoms with E-state index >= 15 is 0 Å². The standard InChI is InChI=1S/C16H16FNO4/c1-3-21-15(20)16(2,11-6-8-12(17)9-7-11)18-14(19)13-5-4-10-22-13/h4-10H,3H2,1-2H3,(H,18,19). The molecule has 0 saturated carbocycles. The van der Waals surface area contributed by atoms with E-state index in [1.54, 1.807) is 13.0 Å². The molecule has 6 heteroatoms. The number of carbonyl (C=O) groups excluding carboxylic acids is 2. The van der Waals surface area contributed by atoms with E-state index in [1.165, 1.54) is 43.5 Å². The number of furan rings is 1. The molecule has 1 unspecified atom stereocenters. The molecule has 1 atom stereocenters. The van der Waals surface area contributed by atoms with Gasteiger partial charge in [-0.2, -0.15) is 0 Å². The van der Waals surface area contributed by atoms with E-state index in [-0.39, 0.29) is 12.4 Å². The van der Waals surface area contributed by atoms with Gasteiger partial charge in [0, 0.05) is 0 Å². The SMILES string of the molecule is CCOC(=O)C(C)(NC(=O)c1ccco1)c1ccc(F)cc1. The predicted molar refractivity (Wildman–Crippen MR) is 76.6 cm³/mol. The largest absolute Gasteiger partial charge is 0.464 e. The minimum Gasteiger partial charge on any atom is -0.464 e. The van der Waals surface area contributed by atoms with Crippen LogP contribution >= 0.6 is 0 Å². The number of rotatable bonds is 5. The van der Waals surface area contributed by atoms with Crippen molar-refractivity contribution in [1.82, 2.24) is 5.32 Å². The number of benzene rings is 1. The fourth-order valence-electron chi connectivity index (χ4n) is 2.00. The molecule has 0 aliphatic heterocycles. The Balaban J connectivity index is 2.35. The lowest BCUT2D eigenvalue weighted by molar-refractivity contribution is -0.150. The van der Waals surface area contributed by atoms with Gasteiger partial charge in [-0.15, -0.1) is 0 Å². The Kier molecular flexibility index (Phi) is 4.60. The molecule has 0 fully saturated rings. The van der Waals surface area contributed by atoms with Crippen LogP contribution in [-0.2, 0) is 15.1 Å². The van der Waals surface area contributed by atoms with Gasteiger partial charge in [0.25, 0.3) is 5.91 Å². The van der Waals surface area contributed by atoms with Crippen molar-refractivity contribution in [1.29, 1.82) is 0 Å². The molecule has 1 heterocycles. The molecule has 0 aliphatic rings. The molecule has 1 amide bonds. The van der Waals surface area contributed by atoms with Crippen LogP contribution in [0.25, 0.3) is 0 Å². The molecular weight excluding hydrogens is 289 g/mol. The molecule has 22 heavy (non-hydrogen) atoms. The normalized spacial score (nSPS) is 13.2. The molecule has 0 saturated heterocycles. The molecule has 116 valence electrons. The van der Waals surface area contributed by atoms with Gasteiger partial charge in [-0.3, -0.25) is 4.79 Å². The van der Waals surface area contributed by atoms with Crippen molar-refractivity contribution in [2.75, 3.05) is 6.61 Å². The highest BCUT2D eigenvalue weighted by Crippen LogP contribution is 2.24. The molecule has 2 aromatic rings. The van der Waals surface area contributed by atoms with Crippen molar-refractivity contribution < 1.29 is 23.1 Å². The van der Waals surface area contributed by atoms with Gasteiger partial charge < -0.3 is 14.5 Å². The maximum atomic E-state index is 13.1. The minimum absolute atomic E-state index is 0.0673. The fraction of sp³-hybridized carbons (Fsp3) is 0.250. The Labute approximate surface area is 127 Å². The Morgan fingerprint density at radius 1 is 1.27 bits per heavy atom. The smallest absolute Gasteiger partial charge is 0.336 e. The maximum absolute atomic E-state index is 13.1. The summed E-state index contributed by atoms with van der Waals surface area (Å²) >= 11 is 0. The summed E-state index contributed by atoms with van der Waals surface area (Å²) in [5.74, 6) is -1.57. The summed E-state index contributed by atoms with van der Waals surface area (Å²) in [7, 11) is 0. The van der Waals surface area contributed by atoms with Gasteiger partial charge in [0.15, 0.2) is 11.3 Å². The van der Waals surface area contributed by atoms with Crippen LogP contribution in [0.2, 0.25) is 0 Å². The van der Waals surface area contributed by atoms with Gasteiger partial charge in [-0.05, 0) is 43.7 Å². The van der Waals surface area contributed by atoms with Crippen LogP contribution in [0.3, 0.4) is 0 Å². The first kappa shape index (κ1) is 15.8. The number of halogens is 1. The van der Waals surface area contributed by atoms with Crippen LogP contribution in [0, 0.1) is 5.82 Å². The van der Waals surface area contributed by atoms with E-state index in [0.29, 0.717) is 5.56 Å². The highest BCUT2D eigenvalue weighted by Gasteiger charge is 2.39. The van der Waals surface area contributed by atoms with Crippen molar-refractivity contribution in [3.05, 3.63) is 59.8 Å². The first-order valence-corrected chi connectivity index (χ1v) is 6.76. The van der Waals surface area contributed by atoms with Crippen molar-refractivity contribution in [3.8, 4) is 0 Å². The number of nitrogens with one attached hydrogen (secondary N) is 1. The zero-order valence-corrected chi connectivity index (χ0v) is 12.3. The average molecular weight is 305 g/mol. The molecule has 1 N–H and O–H groups in total. The van der Waals surface area contributed by atoms with Crippen molar-refractivity contribution in [2.45, 2.75) is 19.4 Å². The fourth-order valence-corrected chi connectivity index (χ4v) is 2.00. The van der Waals surface area contributed by atoms with Crippen molar-refractivity contribution >= 4 is 11.9 Å². The summed E-state index contributed by atoms with van der Waals surface area (Å²) in [4.78, 5) is 24.5. The molecule has 0 aliphatic carbocycles. The summed E-state index contributed by atoms with van der Waals surface area (Å²) in [5, 5.41) is 2.59. The van der Waals surface area contributed by atoms with Crippen LogP contribution < -0.4 is 5.32 Å². The number of esters is 1. The van der Waals surface area contributed by atoms with Gasteiger partial charge in [0.2, 0.25) is 0 Å². The first-order valence-electron chi connectivity index (χ1n) is 6.76. The van der Waals surface area contributed by atoms with Gasteiger partial charge in [-0.1, -0.05) is 12.1 Å². The zero-order chi connectivity index (χ0) is 16.2. The van der Waals surface area contributed by atoms with Gasteiger partial charge in [0.05, 0.1) is 12.9 Å². The third-order valence-corrected chi connectivity index (χ3v) is 3.21. The minimum atomic E-state index is -1.45. The van der Waals surface area contributed by atoms with Crippen LogP contribution in [0.1, 0.15) is 30.0 Å². The highest BCUT2D eigenvalue weighted by molar-refractivity contribution is 5.96. The molecular formula is C16H16FNO4. The average Bonchev–Trinajstić information content (AvgIpc) is 3.02. The third kappa shape index (κ3) is 3.16. The molecule has 1 aromatic heterocycles.